The van der Waals surface area contributed by atoms with E-state index in [1.807, 2.05) is 78.7 Å². The minimum atomic E-state index is -0.848. The highest BCUT2D eigenvalue weighted by Gasteiger charge is 2.44. The summed E-state index contributed by atoms with van der Waals surface area (Å²) in [5.74, 6) is 0.988. The second kappa shape index (κ2) is 8.68. The van der Waals surface area contributed by atoms with E-state index in [1.54, 1.807) is 12.1 Å². The molecule has 0 heterocycles. The molecule has 1 unspecified atom stereocenters. The minimum absolute atomic E-state index is 0.131. The SMILES string of the molecule is [C-]#[N+]C(=C=[N-])C1=C(c2c(N)ccc3cc4ccccc4cc23)C(=O)C1c1c(N)ccc2cc3ccccc3cc12. The Bertz CT molecular complexity index is 2230. The van der Waals surface area contributed by atoms with Crippen molar-refractivity contribution < 1.29 is 4.79 Å². The van der Waals surface area contributed by atoms with Gasteiger partial charge in [0.05, 0.1) is 12.5 Å². The molecule has 0 bridgehead atoms. The molecule has 0 saturated heterocycles. The zero-order chi connectivity index (χ0) is 27.5. The molecule has 6 aromatic carbocycles. The van der Waals surface area contributed by atoms with Crippen LogP contribution in [0.1, 0.15) is 17.0 Å². The minimum Gasteiger partial charge on any atom is -0.775 e. The van der Waals surface area contributed by atoms with Crippen molar-refractivity contribution in [3.8, 4) is 0 Å². The van der Waals surface area contributed by atoms with Crippen molar-refractivity contribution in [2.24, 2.45) is 0 Å². The van der Waals surface area contributed by atoms with Gasteiger partial charge in [0.25, 0.3) is 0 Å². The molecule has 0 aromatic heterocycles. The number of fused-ring (bicyclic) bond motifs is 4. The fourth-order valence-electron chi connectivity index (χ4n) is 6.09. The molecule has 4 N–H and O–H groups in total. The quantitative estimate of drug-likeness (QED) is 0.110. The molecular weight excluding hydrogens is 492 g/mol. The van der Waals surface area contributed by atoms with Gasteiger partial charge < -0.3 is 16.9 Å². The van der Waals surface area contributed by atoms with E-state index in [0.717, 1.165) is 43.1 Å². The van der Waals surface area contributed by atoms with E-state index < -0.39 is 5.92 Å². The van der Waals surface area contributed by atoms with Gasteiger partial charge in [-0.05, 0) is 90.6 Å². The molecule has 1 aliphatic rings. The van der Waals surface area contributed by atoms with Crippen LogP contribution in [0.3, 0.4) is 0 Å². The summed E-state index contributed by atoms with van der Waals surface area (Å²) >= 11 is 0. The lowest BCUT2D eigenvalue weighted by molar-refractivity contribution is -0.115. The number of carbonyl (C=O) groups excluding carboxylic acids is 1. The Balaban J connectivity index is 1.55. The number of nitrogen functional groups attached to an aromatic ring is 2. The van der Waals surface area contributed by atoms with Crippen molar-refractivity contribution >= 4 is 71.7 Å². The van der Waals surface area contributed by atoms with Crippen molar-refractivity contribution in [1.82, 2.24) is 0 Å². The Morgan fingerprint density at radius 2 is 1.25 bits per heavy atom. The van der Waals surface area contributed by atoms with E-state index in [0.29, 0.717) is 33.6 Å². The molecule has 7 rings (SSSR count). The zero-order valence-corrected chi connectivity index (χ0v) is 21.3. The number of Topliss-reactive ketones (excluding diaryl/α,β-unsaturated/α-hetero) is 1. The Hall–Kier alpha value is -5.69. The summed E-state index contributed by atoms with van der Waals surface area (Å²) in [5.41, 5.74) is 15.7. The standard InChI is InChI=1S/C35H21N4O/c1-39-29(18-36)32-33(30-25-16-21-8-4-2-6-19(21)14-23(25)10-12-27(30)37)35(40)34(32)31-26-17-22-9-5-3-7-20(22)15-24(26)11-13-28(31)38/h2-17,33H,37-38H2/q-1. The third-order valence-electron chi connectivity index (χ3n) is 7.96. The molecule has 188 valence electrons. The fraction of sp³-hybridized carbons (Fsp3) is 0.0286. The number of ketones is 1. The molecule has 5 heteroatoms. The van der Waals surface area contributed by atoms with Gasteiger partial charge in [0.1, 0.15) is 0 Å². The summed E-state index contributed by atoms with van der Waals surface area (Å²) in [5, 5.41) is 17.7. The largest absolute Gasteiger partial charge is 0.775 e. The van der Waals surface area contributed by atoms with Crippen molar-refractivity contribution in [3.63, 3.8) is 0 Å². The van der Waals surface area contributed by atoms with Crippen LogP contribution in [0.4, 0.5) is 11.4 Å². The van der Waals surface area contributed by atoms with Crippen LogP contribution in [0.5, 0.6) is 0 Å². The van der Waals surface area contributed by atoms with Crippen LogP contribution in [0.2, 0.25) is 0 Å². The third kappa shape index (κ3) is 3.28. The number of hydrogen-bond acceptors (Lipinski definition) is 3. The number of nitrogens with two attached hydrogens (primary N) is 2. The van der Waals surface area contributed by atoms with E-state index in [1.165, 1.54) is 0 Å². The maximum absolute atomic E-state index is 14.2. The van der Waals surface area contributed by atoms with Crippen LogP contribution >= 0.6 is 0 Å². The first-order chi connectivity index (χ1) is 19.5. The van der Waals surface area contributed by atoms with Crippen molar-refractivity contribution in [2.45, 2.75) is 5.92 Å². The number of allylic oxidation sites excluding steroid dienone is 2. The van der Waals surface area contributed by atoms with E-state index in [-0.39, 0.29) is 11.5 Å². The number of nitrogens with zero attached hydrogens (tertiary/aromatic N) is 2. The lowest BCUT2D eigenvalue weighted by Gasteiger charge is -2.35. The molecule has 0 spiro atoms. The summed E-state index contributed by atoms with van der Waals surface area (Å²) in [6.07, 6.45) is 0. The van der Waals surface area contributed by atoms with Gasteiger partial charge in [0.2, 0.25) is 5.70 Å². The van der Waals surface area contributed by atoms with Crippen molar-refractivity contribution in [1.29, 1.82) is 0 Å². The Kier molecular flexibility index (Phi) is 5.08. The Morgan fingerprint density at radius 3 is 1.82 bits per heavy atom. The second-order valence-corrected chi connectivity index (χ2v) is 10.1. The van der Waals surface area contributed by atoms with Gasteiger partial charge in [0.15, 0.2) is 5.78 Å². The number of anilines is 2. The Morgan fingerprint density at radius 1 is 0.725 bits per heavy atom. The highest BCUT2D eigenvalue weighted by Crippen LogP contribution is 2.53. The molecule has 0 fully saturated rings. The van der Waals surface area contributed by atoms with Crippen LogP contribution in [0, 0.1) is 6.57 Å². The van der Waals surface area contributed by atoms with Crippen LogP contribution < -0.4 is 11.5 Å². The van der Waals surface area contributed by atoms with Crippen LogP contribution in [-0.4, -0.2) is 11.7 Å². The van der Waals surface area contributed by atoms with Gasteiger partial charge in [-0.15, -0.1) is 0 Å². The smallest absolute Gasteiger partial charge is 0.210 e. The van der Waals surface area contributed by atoms with Gasteiger partial charge >= 0.3 is 0 Å². The molecule has 1 aliphatic carbocycles. The van der Waals surface area contributed by atoms with E-state index in [4.69, 9.17) is 18.0 Å². The van der Waals surface area contributed by atoms with E-state index in [9.17, 15) is 10.2 Å². The molecule has 5 nitrogen and oxygen atoms in total. The monoisotopic (exact) mass is 513 g/mol. The molecule has 0 saturated carbocycles. The normalized spacial score (nSPS) is 14.9. The molecule has 0 amide bonds. The van der Waals surface area contributed by atoms with E-state index >= 15 is 0 Å². The number of benzene rings is 6. The fourth-order valence-corrected chi connectivity index (χ4v) is 6.09. The molecule has 1 atom stereocenters. The lowest BCUT2D eigenvalue weighted by Crippen LogP contribution is -2.30. The maximum Gasteiger partial charge on any atom is 0.210 e. The average molecular weight is 514 g/mol. The predicted octanol–water partition coefficient (Wildman–Crippen LogP) is 7.63. The zero-order valence-electron chi connectivity index (χ0n) is 21.3. The summed E-state index contributed by atoms with van der Waals surface area (Å²) < 4.78 is 0. The topological polar surface area (TPSA) is 95.8 Å². The van der Waals surface area contributed by atoms with Crippen LogP contribution in [0.25, 0.3) is 58.9 Å². The van der Waals surface area contributed by atoms with Gasteiger partial charge in [-0.3, -0.25) is 10.7 Å². The molecular formula is C35H21N4O-. The number of carbonyl (C=O) groups is 1. The molecule has 0 radical (unpaired) electrons. The molecule has 6 aromatic rings. The number of rotatable bonds is 3. The average Bonchev–Trinajstić information content (AvgIpc) is 2.98. The van der Waals surface area contributed by atoms with Gasteiger partial charge in [0, 0.05) is 22.5 Å². The predicted molar refractivity (Wildman–Crippen MR) is 165 cm³/mol. The summed E-state index contributed by atoms with van der Waals surface area (Å²) in [7, 11) is 0. The molecule has 0 aliphatic heterocycles. The summed E-state index contributed by atoms with van der Waals surface area (Å²) in [4.78, 5) is 17.8. The first-order valence-corrected chi connectivity index (χ1v) is 12.9. The third-order valence-corrected chi connectivity index (χ3v) is 7.96. The first-order valence-electron chi connectivity index (χ1n) is 12.9. The van der Waals surface area contributed by atoms with Gasteiger partial charge in [-0.1, -0.05) is 60.7 Å². The first kappa shape index (κ1) is 23.4. The van der Waals surface area contributed by atoms with Gasteiger partial charge in [-0.25, -0.2) is 4.85 Å². The van der Waals surface area contributed by atoms with Crippen molar-refractivity contribution in [2.75, 3.05) is 11.5 Å². The molecule has 40 heavy (non-hydrogen) atoms. The Labute approximate surface area is 230 Å². The second-order valence-electron chi connectivity index (χ2n) is 10.1. The maximum atomic E-state index is 14.2. The number of hydrogen-bond donors (Lipinski definition) is 2. The van der Waals surface area contributed by atoms with Crippen molar-refractivity contribution in [3.05, 3.63) is 136 Å². The van der Waals surface area contributed by atoms with E-state index in [2.05, 4.69) is 17.0 Å². The highest BCUT2D eigenvalue weighted by atomic mass is 16.1. The van der Waals surface area contributed by atoms with Crippen LogP contribution in [-0.2, 0) is 4.79 Å². The highest BCUT2D eigenvalue weighted by molar-refractivity contribution is 6.38. The summed E-state index contributed by atoms with van der Waals surface area (Å²) in [6, 6.07) is 31.6. The van der Waals surface area contributed by atoms with Gasteiger partial charge in [-0.2, -0.15) is 0 Å². The summed E-state index contributed by atoms with van der Waals surface area (Å²) in [6.45, 7) is 7.80. The lowest BCUT2D eigenvalue weighted by atomic mass is 9.66. The van der Waals surface area contributed by atoms with Crippen LogP contribution in [0.15, 0.2) is 108 Å².